The first-order valence-electron chi connectivity index (χ1n) is 7.63. The molecule has 0 atom stereocenters. The topological polar surface area (TPSA) is 80.6 Å². The maximum Gasteiger partial charge on any atom is 0.303 e. The molecular formula is C17H22N2O4. The fraction of sp³-hybridized carbons (Fsp3) is 0.412. The SMILES string of the molecule is COc1ccc2c(c1)c(CCNC(C)=O)cn2CCCC(=O)O. The van der Waals surface area contributed by atoms with E-state index in [0.717, 1.165) is 28.6 Å². The van der Waals surface area contributed by atoms with Crippen molar-refractivity contribution in [2.75, 3.05) is 13.7 Å². The minimum absolute atomic E-state index is 0.0484. The Bertz CT molecular complexity index is 706. The van der Waals surface area contributed by atoms with Gasteiger partial charge in [-0.15, -0.1) is 0 Å². The molecular weight excluding hydrogens is 296 g/mol. The Kier molecular flexibility index (Phi) is 5.62. The number of nitrogens with one attached hydrogen (secondary N) is 1. The van der Waals surface area contributed by atoms with Gasteiger partial charge in [0.05, 0.1) is 7.11 Å². The fourth-order valence-corrected chi connectivity index (χ4v) is 2.64. The number of carbonyl (C=O) groups is 2. The van der Waals surface area contributed by atoms with E-state index < -0.39 is 5.97 Å². The lowest BCUT2D eigenvalue weighted by Gasteiger charge is -2.05. The molecule has 23 heavy (non-hydrogen) atoms. The van der Waals surface area contributed by atoms with Gasteiger partial charge in [-0.25, -0.2) is 0 Å². The van der Waals surface area contributed by atoms with Crippen LogP contribution >= 0.6 is 0 Å². The number of rotatable bonds is 8. The predicted molar refractivity (Wildman–Crippen MR) is 87.7 cm³/mol. The Labute approximate surface area is 135 Å². The van der Waals surface area contributed by atoms with Gasteiger partial charge in [-0.05, 0) is 36.6 Å². The van der Waals surface area contributed by atoms with Crippen molar-refractivity contribution < 1.29 is 19.4 Å². The summed E-state index contributed by atoms with van der Waals surface area (Å²) in [6.45, 7) is 2.72. The molecule has 0 aliphatic rings. The molecule has 0 bridgehead atoms. The van der Waals surface area contributed by atoms with Gasteiger partial charge in [0.15, 0.2) is 0 Å². The molecule has 6 nitrogen and oxygen atoms in total. The molecule has 0 saturated carbocycles. The van der Waals surface area contributed by atoms with Gasteiger partial charge in [-0.2, -0.15) is 0 Å². The molecule has 0 saturated heterocycles. The second-order valence-electron chi connectivity index (χ2n) is 5.46. The van der Waals surface area contributed by atoms with Crippen molar-refractivity contribution in [1.82, 2.24) is 9.88 Å². The van der Waals surface area contributed by atoms with E-state index >= 15 is 0 Å². The highest BCUT2D eigenvalue weighted by Gasteiger charge is 2.10. The zero-order valence-corrected chi connectivity index (χ0v) is 13.5. The number of aliphatic carboxylic acids is 1. The molecule has 2 rings (SSSR count). The lowest BCUT2D eigenvalue weighted by atomic mass is 10.1. The van der Waals surface area contributed by atoms with Crippen molar-refractivity contribution in [3.05, 3.63) is 30.0 Å². The first kappa shape index (κ1) is 16.9. The Morgan fingerprint density at radius 3 is 2.78 bits per heavy atom. The second-order valence-corrected chi connectivity index (χ2v) is 5.46. The molecule has 0 radical (unpaired) electrons. The van der Waals surface area contributed by atoms with Crippen LogP contribution in [0.2, 0.25) is 0 Å². The molecule has 6 heteroatoms. The van der Waals surface area contributed by atoms with Gasteiger partial charge in [0.2, 0.25) is 5.91 Å². The average Bonchev–Trinajstić information content (AvgIpc) is 2.84. The van der Waals surface area contributed by atoms with Crippen molar-refractivity contribution in [3.8, 4) is 5.75 Å². The number of aryl methyl sites for hydroxylation is 1. The minimum Gasteiger partial charge on any atom is -0.497 e. The summed E-state index contributed by atoms with van der Waals surface area (Å²) >= 11 is 0. The summed E-state index contributed by atoms with van der Waals surface area (Å²) in [5.41, 5.74) is 2.16. The van der Waals surface area contributed by atoms with E-state index in [2.05, 4.69) is 9.88 Å². The molecule has 2 N–H and O–H groups in total. The van der Waals surface area contributed by atoms with Crippen molar-refractivity contribution in [3.63, 3.8) is 0 Å². The standard InChI is InChI=1S/C17H22N2O4/c1-12(20)18-8-7-13-11-19(9-3-4-17(21)22)16-6-5-14(23-2)10-15(13)16/h5-6,10-11H,3-4,7-9H2,1-2H3,(H,18,20)(H,21,22). The van der Waals surface area contributed by atoms with Crippen molar-refractivity contribution in [2.45, 2.75) is 32.7 Å². The number of methoxy groups -OCH3 is 1. The van der Waals surface area contributed by atoms with Crippen LogP contribution in [0.4, 0.5) is 0 Å². The van der Waals surface area contributed by atoms with Gasteiger partial charge in [0.25, 0.3) is 0 Å². The van der Waals surface area contributed by atoms with E-state index in [9.17, 15) is 9.59 Å². The van der Waals surface area contributed by atoms with E-state index in [0.29, 0.717) is 19.5 Å². The molecule has 0 aliphatic heterocycles. The monoisotopic (exact) mass is 318 g/mol. The van der Waals surface area contributed by atoms with Gasteiger partial charge in [0, 0.05) is 43.5 Å². The van der Waals surface area contributed by atoms with Gasteiger partial charge in [0.1, 0.15) is 5.75 Å². The molecule has 1 amide bonds. The fourth-order valence-electron chi connectivity index (χ4n) is 2.64. The summed E-state index contributed by atoms with van der Waals surface area (Å²) in [5.74, 6) is -0.0525. The predicted octanol–water partition coefficient (Wildman–Crippen LogP) is 2.19. The Morgan fingerprint density at radius 2 is 2.13 bits per heavy atom. The van der Waals surface area contributed by atoms with E-state index in [4.69, 9.17) is 9.84 Å². The summed E-state index contributed by atoms with van der Waals surface area (Å²) in [6, 6.07) is 5.86. The van der Waals surface area contributed by atoms with Crippen LogP contribution in [0.3, 0.4) is 0 Å². The molecule has 1 heterocycles. The molecule has 1 aromatic heterocycles. The number of nitrogens with zero attached hydrogens (tertiary/aromatic N) is 1. The van der Waals surface area contributed by atoms with Gasteiger partial charge in [-0.3, -0.25) is 9.59 Å². The first-order valence-corrected chi connectivity index (χ1v) is 7.63. The van der Waals surface area contributed by atoms with Crippen LogP contribution in [0, 0.1) is 0 Å². The Morgan fingerprint density at radius 1 is 1.35 bits per heavy atom. The lowest BCUT2D eigenvalue weighted by Crippen LogP contribution is -2.22. The molecule has 0 spiro atoms. The Balaban J connectivity index is 2.24. The Hall–Kier alpha value is -2.50. The van der Waals surface area contributed by atoms with Crippen molar-refractivity contribution >= 4 is 22.8 Å². The number of carboxylic acid groups (broad SMARTS) is 1. The maximum absolute atomic E-state index is 11.0. The normalized spacial score (nSPS) is 10.7. The number of carboxylic acids is 1. The van der Waals surface area contributed by atoms with Gasteiger partial charge < -0.3 is 19.7 Å². The zero-order valence-electron chi connectivity index (χ0n) is 13.5. The highest BCUT2D eigenvalue weighted by Crippen LogP contribution is 2.26. The van der Waals surface area contributed by atoms with Crippen LogP contribution in [0.15, 0.2) is 24.4 Å². The zero-order chi connectivity index (χ0) is 16.8. The average molecular weight is 318 g/mol. The summed E-state index contributed by atoms with van der Waals surface area (Å²) in [4.78, 5) is 21.7. The maximum atomic E-state index is 11.0. The number of carbonyl (C=O) groups excluding carboxylic acids is 1. The van der Waals surface area contributed by atoms with E-state index in [1.807, 2.05) is 24.4 Å². The van der Waals surface area contributed by atoms with Crippen LogP contribution in [0.5, 0.6) is 5.75 Å². The summed E-state index contributed by atoms with van der Waals surface area (Å²) < 4.78 is 7.36. The van der Waals surface area contributed by atoms with E-state index in [-0.39, 0.29) is 12.3 Å². The van der Waals surface area contributed by atoms with Crippen LogP contribution in [-0.4, -0.2) is 35.2 Å². The number of ether oxygens (including phenoxy) is 1. The molecule has 0 aliphatic carbocycles. The number of benzene rings is 1. The van der Waals surface area contributed by atoms with Crippen LogP contribution in [-0.2, 0) is 22.6 Å². The third-order valence-corrected chi connectivity index (χ3v) is 3.73. The number of fused-ring (bicyclic) bond motifs is 1. The van der Waals surface area contributed by atoms with Crippen LogP contribution < -0.4 is 10.1 Å². The third kappa shape index (κ3) is 4.48. The highest BCUT2D eigenvalue weighted by molar-refractivity contribution is 5.85. The second kappa shape index (κ2) is 7.67. The number of hydrogen-bond acceptors (Lipinski definition) is 3. The third-order valence-electron chi connectivity index (χ3n) is 3.73. The van der Waals surface area contributed by atoms with E-state index in [1.54, 1.807) is 7.11 Å². The van der Waals surface area contributed by atoms with Crippen LogP contribution in [0.25, 0.3) is 10.9 Å². The van der Waals surface area contributed by atoms with Crippen molar-refractivity contribution in [2.24, 2.45) is 0 Å². The summed E-state index contributed by atoms with van der Waals surface area (Å²) in [6.07, 6.45) is 3.48. The summed E-state index contributed by atoms with van der Waals surface area (Å²) in [7, 11) is 1.63. The first-order chi connectivity index (χ1) is 11.0. The quantitative estimate of drug-likeness (QED) is 0.782. The molecule has 0 unspecified atom stereocenters. The number of amides is 1. The molecule has 124 valence electrons. The van der Waals surface area contributed by atoms with Gasteiger partial charge >= 0.3 is 5.97 Å². The van der Waals surface area contributed by atoms with Crippen molar-refractivity contribution in [1.29, 1.82) is 0 Å². The molecule has 1 aromatic carbocycles. The minimum atomic E-state index is -0.783. The van der Waals surface area contributed by atoms with Crippen LogP contribution in [0.1, 0.15) is 25.3 Å². The van der Waals surface area contributed by atoms with E-state index in [1.165, 1.54) is 6.92 Å². The lowest BCUT2D eigenvalue weighted by molar-refractivity contribution is -0.137. The molecule has 0 fully saturated rings. The number of aromatic nitrogens is 1. The van der Waals surface area contributed by atoms with Gasteiger partial charge in [-0.1, -0.05) is 0 Å². The smallest absolute Gasteiger partial charge is 0.303 e. The summed E-state index contributed by atoms with van der Waals surface area (Å²) in [5, 5.41) is 12.7. The number of hydrogen-bond donors (Lipinski definition) is 2. The highest BCUT2D eigenvalue weighted by atomic mass is 16.5. The molecule has 2 aromatic rings. The largest absolute Gasteiger partial charge is 0.497 e.